The smallest absolute Gasteiger partial charge is 0.308 e. The first kappa shape index (κ1) is 14.9. The number of nitrogens with zero attached hydrogens (tertiary/aromatic N) is 3. The van der Waals surface area contributed by atoms with Gasteiger partial charge < -0.3 is 9.73 Å². The molecular weight excluding hydrogens is 292 g/mol. The molecule has 0 aliphatic rings. The molecule has 6 heteroatoms. The summed E-state index contributed by atoms with van der Waals surface area (Å²) >= 11 is 0. The molecule has 0 radical (unpaired) electrons. The van der Waals surface area contributed by atoms with Gasteiger partial charge in [0.25, 0.3) is 0 Å². The SMILES string of the molecule is Cc1ccc(CCNC(=O)c2nnc(-c3ccncc3)o2)cc1. The Balaban J connectivity index is 1.56. The van der Waals surface area contributed by atoms with Gasteiger partial charge in [0.2, 0.25) is 5.89 Å². The molecule has 2 heterocycles. The average molecular weight is 308 g/mol. The van der Waals surface area contributed by atoms with Gasteiger partial charge in [0.15, 0.2) is 0 Å². The third kappa shape index (κ3) is 3.79. The number of carbonyl (C=O) groups excluding carboxylic acids is 1. The minimum atomic E-state index is -0.370. The Morgan fingerprint density at radius 3 is 2.57 bits per heavy atom. The maximum atomic E-state index is 12.0. The fraction of sp³-hybridized carbons (Fsp3) is 0.176. The van der Waals surface area contributed by atoms with E-state index in [1.165, 1.54) is 11.1 Å². The van der Waals surface area contributed by atoms with Crippen LogP contribution in [0.4, 0.5) is 0 Å². The zero-order valence-electron chi connectivity index (χ0n) is 12.7. The van der Waals surface area contributed by atoms with Gasteiger partial charge in [0.05, 0.1) is 0 Å². The van der Waals surface area contributed by atoms with Crippen LogP contribution in [0.1, 0.15) is 21.8 Å². The van der Waals surface area contributed by atoms with Crippen molar-refractivity contribution in [2.75, 3.05) is 6.54 Å². The summed E-state index contributed by atoms with van der Waals surface area (Å²) in [6.45, 7) is 2.55. The van der Waals surface area contributed by atoms with E-state index in [4.69, 9.17) is 4.42 Å². The van der Waals surface area contributed by atoms with Crippen molar-refractivity contribution >= 4 is 5.91 Å². The second kappa shape index (κ2) is 6.83. The topological polar surface area (TPSA) is 80.9 Å². The number of rotatable bonds is 5. The lowest BCUT2D eigenvalue weighted by atomic mass is 10.1. The summed E-state index contributed by atoms with van der Waals surface area (Å²) in [4.78, 5) is 15.9. The molecule has 0 saturated carbocycles. The molecule has 6 nitrogen and oxygen atoms in total. The highest BCUT2D eigenvalue weighted by Gasteiger charge is 2.15. The number of amides is 1. The lowest BCUT2D eigenvalue weighted by Crippen LogP contribution is -2.26. The fourth-order valence-corrected chi connectivity index (χ4v) is 2.08. The molecule has 1 N–H and O–H groups in total. The molecule has 116 valence electrons. The summed E-state index contributed by atoms with van der Waals surface area (Å²) in [6.07, 6.45) is 4.00. The fourth-order valence-electron chi connectivity index (χ4n) is 2.08. The Hall–Kier alpha value is -3.02. The van der Waals surface area contributed by atoms with Gasteiger partial charge >= 0.3 is 11.8 Å². The van der Waals surface area contributed by atoms with Gasteiger partial charge in [-0.2, -0.15) is 0 Å². The van der Waals surface area contributed by atoms with Gasteiger partial charge in [-0.15, -0.1) is 10.2 Å². The average Bonchev–Trinajstić information content (AvgIpc) is 3.07. The van der Waals surface area contributed by atoms with Crippen molar-refractivity contribution in [1.82, 2.24) is 20.5 Å². The number of carbonyl (C=O) groups is 1. The number of hydrogen-bond acceptors (Lipinski definition) is 5. The molecule has 0 bridgehead atoms. The van der Waals surface area contributed by atoms with Gasteiger partial charge in [0, 0.05) is 24.5 Å². The summed E-state index contributed by atoms with van der Waals surface area (Å²) in [6, 6.07) is 11.7. The van der Waals surface area contributed by atoms with Crippen LogP contribution in [0.2, 0.25) is 0 Å². The summed E-state index contributed by atoms with van der Waals surface area (Å²) in [5.74, 6) is -0.110. The number of benzene rings is 1. The van der Waals surface area contributed by atoms with E-state index in [1.807, 2.05) is 6.92 Å². The zero-order chi connectivity index (χ0) is 16.1. The molecule has 0 saturated heterocycles. The molecule has 23 heavy (non-hydrogen) atoms. The predicted molar refractivity (Wildman–Crippen MR) is 84.7 cm³/mol. The van der Waals surface area contributed by atoms with Crippen molar-refractivity contribution in [1.29, 1.82) is 0 Å². The normalized spacial score (nSPS) is 10.5. The Bertz CT molecular complexity index is 782. The van der Waals surface area contributed by atoms with E-state index in [9.17, 15) is 4.79 Å². The first-order valence-electron chi connectivity index (χ1n) is 7.30. The Labute approximate surface area is 133 Å². The highest BCUT2D eigenvalue weighted by atomic mass is 16.4. The molecule has 0 aliphatic heterocycles. The molecule has 0 spiro atoms. The second-order valence-corrected chi connectivity index (χ2v) is 5.14. The van der Waals surface area contributed by atoms with Crippen LogP contribution in [0.15, 0.2) is 53.2 Å². The summed E-state index contributed by atoms with van der Waals surface area (Å²) < 4.78 is 5.39. The lowest BCUT2D eigenvalue weighted by molar-refractivity contribution is 0.0920. The molecule has 0 unspecified atom stereocenters. The lowest BCUT2D eigenvalue weighted by Gasteiger charge is -2.03. The first-order valence-corrected chi connectivity index (χ1v) is 7.30. The molecule has 0 aliphatic carbocycles. The third-order valence-corrected chi connectivity index (χ3v) is 3.37. The van der Waals surface area contributed by atoms with E-state index < -0.39 is 0 Å². The van der Waals surface area contributed by atoms with E-state index in [2.05, 4.69) is 44.8 Å². The van der Waals surface area contributed by atoms with Crippen molar-refractivity contribution in [2.24, 2.45) is 0 Å². The predicted octanol–water partition coefficient (Wildman–Crippen LogP) is 2.41. The van der Waals surface area contributed by atoms with Crippen molar-refractivity contribution in [3.8, 4) is 11.5 Å². The Kier molecular flexibility index (Phi) is 4.42. The van der Waals surface area contributed by atoms with E-state index in [0.717, 1.165) is 12.0 Å². The number of hydrogen-bond donors (Lipinski definition) is 1. The van der Waals surface area contributed by atoms with E-state index in [-0.39, 0.29) is 11.8 Å². The minimum Gasteiger partial charge on any atom is -0.412 e. The van der Waals surface area contributed by atoms with Gasteiger partial charge in [0.1, 0.15) is 0 Å². The number of pyridine rings is 1. The number of aromatic nitrogens is 3. The second-order valence-electron chi connectivity index (χ2n) is 5.14. The minimum absolute atomic E-state index is 0.0410. The van der Waals surface area contributed by atoms with E-state index in [1.54, 1.807) is 24.5 Å². The molecule has 1 amide bonds. The molecule has 0 atom stereocenters. The van der Waals surface area contributed by atoms with Gasteiger partial charge in [-0.25, -0.2) is 0 Å². The maximum absolute atomic E-state index is 12.0. The van der Waals surface area contributed by atoms with E-state index >= 15 is 0 Å². The first-order chi connectivity index (χ1) is 11.2. The quantitative estimate of drug-likeness (QED) is 0.783. The molecule has 3 rings (SSSR count). The van der Waals surface area contributed by atoms with Gasteiger partial charge in [-0.3, -0.25) is 9.78 Å². The van der Waals surface area contributed by atoms with Crippen LogP contribution < -0.4 is 5.32 Å². The van der Waals surface area contributed by atoms with Crippen molar-refractivity contribution < 1.29 is 9.21 Å². The van der Waals surface area contributed by atoms with Gasteiger partial charge in [-0.1, -0.05) is 29.8 Å². The largest absolute Gasteiger partial charge is 0.412 e. The zero-order valence-corrected chi connectivity index (χ0v) is 12.7. The Morgan fingerprint density at radius 2 is 1.83 bits per heavy atom. The highest BCUT2D eigenvalue weighted by Crippen LogP contribution is 2.16. The van der Waals surface area contributed by atoms with Crippen molar-refractivity contribution in [3.05, 3.63) is 65.8 Å². The highest BCUT2D eigenvalue weighted by molar-refractivity contribution is 5.89. The van der Waals surface area contributed by atoms with Crippen LogP contribution in [0, 0.1) is 6.92 Å². The standard InChI is InChI=1S/C17H16N4O2/c1-12-2-4-13(5-3-12)6-11-19-15(22)17-21-20-16(23-17)14-7-9-18-10-8-14/h2-5,7-10H,6,11H2,1H3,(H,19,22). The summed E-state index contributed by atoms with van der Waals surface area (Å²) in [5.41, 5.74) is 3.11. The van der Waals surface area contributed by atoms with Gasteiger partial charge in [-0.05, 0) is 31.0 Å². The van der Waals surface area contributed by atoms with Crippen LogP contribution >= 0.6 is 0 Å². The van der Waals surface area contributed by atoms with E-state index in [0.29, 0.717) is 12.4 Å². The molecular formula is C17H16N4O2. The molecule has 3 aromatic rings. The van der Waals surface area contributed by atoms with Crippen LogP contribution in [0.5, 0.6) is 0 Å². The third-order valence-electron chi connectivity index (χ3n) is 3.37. The maximum Gasteiger partial charge on any atom is 0.308 e. The van der Waals surface area contributed by atoms with Crippen LogP contribution in [0.3, 0.4) is 0 Å². The van der Waals surface area contributed by atoms with Crippen LogP contribution in [-0.4, -0.2) is 27.6 Å². The monoisotopic (exact) mass is 308 g/mol. The van der Waals surface area contributed by atoms with Crippen molar-refractivity contribution in [3.63, 3.8) is 0 Å². The Morgan fingerprint density at radius 1 is 1.09 bits per heavy atom. The van der Waals surface area contributed by atoms with Crippen LogP contribution in [-0.2, 0) is 6.42 Å². The molecule has 2 aromatic heterocycles. The number of nitrogens with one attached hydrogen (secondary N) is 1. The van der Waals surface area contributed by atoms with Crippen LogP contribution in [0.25, 0.3) is 11.5 Å². The summed E-state index contributed by atoms with van der Waals surface area (Å²) in [5, 5.41) is 10.4. The molecule has 1 aromatic carbocycles. The van der Waals surface area contributed by atoms with Crippen molar-refractivity contribution in [2.45, 2.75) is 13.3 Å². The molecule has 0 fully saturated rings. The summed E-state index contributed by atoms with van der Waals surface area (Å²) in [7, 11) is 0. The number of aryl methyl sites for hydroxylation is 1.